The van der Waals surface area contributed by atoms with Crippen molar-refractivity contribution in [2.45, 2.75) is 95.2 Å². The van der Waals surface area contributed by atoms with Crippen LogP contribution in [0, 0.1) is 11.6 Å². The van der Waals surface area contributed by atoms with Gasteiger partial charge in [-0.1, -0.05) is 64.3 Å². The molecule has 5 heteroatoms. The molecular formula is C30H42F2N2O. The molecule has 3 nitrogen and oxygen atoms in total. The van der Waals surface area contributed by atoms with Crippen LogP contribution in [0.5, 0.6) is 0 Å². The monoisotopic (exact) mass is 484 g/mol. The van der Waals surface area contributed by atoms with E-state index in [2.05, 4.69) is 55.3 Å². The maximum atomic E-state index is 13.9. The molecule has 1 saturated heterocycles. The Balaban J connectivity index is 1.54. The first-order valence-electron chi connectivity index (χ1n) is 13.4. The van der Waals surface area contributed by atoms with Gasteiger partial charge in [0, 0.05) is 24.2 Å². The van der Waals surface area contributed by atoms with Crippen molar-refractivity contribution in [1.82, 2.24) is 10.2 Å². The van der Waals surface area contributed by atoms with E-state index < -0.39 is 17.7 Å². The van der Waals surface area contributed by atoms with Crippen molar-refractivity contribution in [3.8, 4) is 0 Å². The molecule has 0 spiro atoms. The molecule has 1 saturated carbocycles. The number of aliphatic hydroxyl groups is 1. The Kier molecular flexibility index (Phi) is 8.30. The fraction of sp³-hybridized carbons (Fsp3) is 0.600. The van der Waals surface area contributed by atoms with Gasteiger partial charge in [-0.05, 0) is 79.4 Å². The van der Waals surface area contributed by atoms with Crippen LogP contribution < -0.4 is 5.32 Å². The standard InChI is InChI=1S/C30H42F2N2O/c1-29(2,3)23-10-9-11-24(19-23)30(12-5-4-6-13-30)33-21-28(35)27(34-14-7-8-15-34)18-22-16-25(31)20-26(32)17-22/h9-11,16-17,19-20,27-28,33,35H,4-8,12-15,18,21H2,1-3H3. The average Bonchev–Trinajstić information content (AvgIpc) is 3.35. The molecule has 2 aromatic carbocycles. The largest absolute Gasteiger partial charge is 0.390 e. The highest BCUT2D eigenvalue weighted by Crippen LogP contribution is 2.39. The third kappa shape index (κ3) is 6.49. The minimum Gasteiger partial charge on any atom is -0.390 e. The van der Waals surface area contributed by atoms with E-state index in [0.717, 1.165) is 44.8 Å². The molecular weight excluding hydrogens is 442 g/mol. The van der Waals surface area contributed by atoms with Crippen LogP contribution in [0.3, 0.4) is 0 Å². The Labute approximate surface area is 209 Å². The molecule has 2 fully saturated rings. The molecule has 1 aliphatic heterocycles. The number of aliphatic hydroxyl groups excluding tert-OH is 1. The molecule has 2 atom stereocenters. The van der Waals surface area contributed by atoms with Crippen molar-refractivity contribution < 1.29 is 13.9 Å². The lowest BCUT2D eigenvalue weighted by molar-refractivity contribution is 0.0509. The minimum atomic E-state index is -0.635. The summed E-state index contributed by atoms with van der Waals surface area (Å²) in [6.07, 6.45) is 7.67. The zero-order valence-corrected chi connectivity index (χ0v) is 21.6. The van der Waals surface area contributed by atoms with Crippen molar-refractivity contribution in [3.63, 3.8) is 0 Å². The lowest BCUT2D eigenvalue weighted by atomic mass is 9.74. The second-order valence-electron chi connectivity index (χ2n) is 11.7. The van der Waals surface area contributed by atoms with Crippen LogP contribution in [0.1, 0.15) is 82.4 Å². The highest BCUT2D eigenvalue weighted by atomic mass is 19.1. The number of hydrogen-bond donors (Lipinski definition) is 2. The van der Waals surface area contributed by atoms with Crippen LogP contribution >= 0.6 is 0 Å². The third-order valence-electron chi connectivity index (χ3n) is 8.06. The zero-order valence-electron chi connectivity index (χ0n) is 21.6. The van der Waals surface area contributed by atoms with E-state index >= 15 is 0 Å². The molecule has 0 aromatic heterocycles. The summed E-state index contributed by atoms with van der Waals surface area (Å²) < 4.78 is 27.7. The van der Waals surface area contributed by atoms with Gasteiger partial charge in [-0.15, -0.1) is 0 Å². The summed E-state index contributed by atoms with van der Waals surface area (Å²) in [6, 6.07) is 12.5. The fourth-order valence-electron chi connectivity index (χ4n) is 5.99. The topological polar surface area (TPSA) is 35.5 Å². The molecule has 4 rings (SSSR count). The molecule has 0 radical (unpaired) electrons. The van der Waals surface area contributed by atoms with E-state index in [0.29, 0.717) is 18.5 Å². The van der Waals surface area contributed by atoms with Crippen LogP contribution in [0.4, 0.5) is 8.78 Å². The number of hydrogen-bond acceptors (Lipinski definition) is 3. The van der Waals surface area contributed by atoms with Gasteiger partial charge in [0.2, 0.25) is 0 Å². The van der Waals surface area contributed by atoms with Gasteiger partial charge in [0.15, 0.2) is 0 Å². The van der Waals surface area contributed by atoms with Crippen LogP contribution in [0.15, 0.2) is 42.5 Å². The molecule has 192 valence electrons. The molecule has 2 N–H and O–H groups in total. The van der Waals surface area contributed by atoms with Crippen molar-refractivity contribution in [2.24, 2.45) is 0 Å². The summed E-state index contributed by atoms with van der Waals surface area (Å²) in [5.74, 6) is -1.12. The maximum absolute atomic E-state index is 13.9. The maximum Gasteiger partial charge on any atom is 0.126 e. The first-order chi connectivity index (χ1) is 16.7. The van der Waals surface area contributed by atoms with Gasteiger partial charge >= 0.3 is 0 Å². The van der Waals surface area contributed by atoms with Crippen LogP contribution in [-0.4, -0.2) is 41.8 Å². The Morgan fingerprint density at radius 3 is 2.23 bits per heavy atom. The van der Waals surface area contributed by atoms with Crippen molar-refractivity contribution in [2.75, 3.05) is 19.6 Å². The first-order valence-corrected chi connectivity index (χ1v) is 13.4. The highest BCUT2D eigenvalue weighted by Gasteiger charge is 2.36. The molecule has 0 bridgehead atoms. The van der Waals surface area contributed by atoms with Gasteiger partial charge in [0.1, 0.15) is 11.6 Å². The minimum absolute atomic E-state index is 0.0759. The van der Waals surface area contributed by atoms with Gasteiger partial charge in [-0.25, -0.2) is 8.78 Å². The second-order valence-corrected chi connectivity index (χ2v) is 11.7. The van der Waals surface area contributed by atoms with Crippen LogP contribution in [-0.2, 0) is 17.4 Å². The van der Waals surface area contributed by atoms with E-state index in [1.165, 1.54) is 42.5 Å². The van der Waals surface area contributed by atoms with Crippen LogP contribution in [0.25, 0.3) is 0 Å². The molecule has 2 unspecified atom stereocenters. The summed E-state index contributed by atoms with van der Waals surface area (Å²) in [5.41, 5.74) is 3.16. The van der Waals surface area contributed by atoms with E-state index in [9.17, 15) is 13.9 Å². The smallest absolute Gasteiger partial charge is 0.126 e. The molecule has 0 amide bonds. The second kappa shape index (κ2) is 11.1. The lowest BCUT2D eigenvalue weighted by Crippen LogP contribution is -2.53. The summed E-state index contributed by atoms with van der Waals surface area (Å²) >= 11 is 0. The average molecular weight is 485 g/mol. The lowest BCUT2D eigenvalue weighted by Gasteiger charge is -2.41. The van der Waals surface area contributed by atoms with Gasteiger partial charge < -0.3 is 10.4 Å². The predicted molar refractivity (Wildman–Crippen MR) is 139 cm³/mol. The number of rotatable bonds is 8. The number of likely N-dealkylation sites (tertiary alicyclic amines) is 1. The number of nitrogens with zero attached hydrogens (tertiary/aromatic N) is 1. The van der Waals surface area contributed by atoms with Gasteiger partial charge in [-0.3, -0.25) is 4.90 Å². The molecule has 2 aromatic rings. The summed E-state index contributed by atoms with van der Waals surface area (Å²) in [7, 11) is 0. The highest BCUT2D eigenvalue weighted by molar-refractivity contribution is 5.34. The van der Waals surface area contributed by atoms with Gasteiger partial charge in [0.25, 0.3) is 0 Å². The molecule has 35 heavy (non-hydrogen) atoms. The van der Waals surface area contributed by atoms with E-state index in [4.69, 9.17) is 0 Å². The number of halogens is 2. The summed E-state index contributed by atoms with van der Waals surface area (Å²) in [6.45, 7) is 9.02. The fourth-order valence-corrected chi connectivity index (χ4v) is 5.99. The summed E-state index contributed by atoms with van der Waals surface area (Å²) in [4.78, 5) is 2.29. The van der Waals surface area contributed by atoms with Gasteiger partial charge in [0.05, 0.1) is 6.10 Å². The van der Waals surface area contributed by atoms with Crippen LogP contribution in [0.2, 0.25) is 0 Å². The third-order valence-corrected chi connectivity index (χ3v) is 8.06. The Morgan fingerprint density at radius 1 is 0.943 bits per heavy atom. The molecule has 2 aliphatic rings. The Morgan fingerprint density at radius 2 is 1.60 bits per heavy atom. The quantitative estimate of drug-likeness (QED) is 0.477. The van der Waals surface area contributed by atoms with Crippen molar-refractivity contribution in [1.29, 1.82) is 0 Å². The van der Waals surface area contributed by atoms with Crippen molar-refractivity contribution >= 4 is 0 Å². The van der Waals surface area contributed by atoms with Crippen molar-refractivity contribution in [3.05, 3.63) is 70.8 Å². The number of benzene rings is 2. The van der Waals surface area contributed by atoms with E-state index in [1.807, 2.05) is 0 Å². The first kappa shape index (κ1) is 26.2. The number of nitrogens with one attached hydrogen (secondary N) is 1. The summed E-state index contributed by atoms with van der Waals surface area (Å²) in [5, 5.41) is 15.3. The normalized spacial score (nSPS) is 20.6. The van der Waals surface area contributed by atoms with E-state index in [-0.39, 0.29) is 17.0 Å². The Hall–Kier alpha value is -1.82. The van der Waals surface area contributed by atoms with E-state index in [1.54, 1.807) is 0 Å². The molecule has 1 heterocycles. The SMILES string of the molecule is CC(C)(C)c1cccc(C2(NCC(O)C(Cc3cc(F)cc(F)c3)N3CCCC3)CCCCC2)c1. The van der Waals surface area contributed by atoms with Gasteiger partial charge in [-0.2, -0.15) is 0 Å². The zero-order chi connectivity index (χ0) is 25.1. The predicted octanol–water partition coefficient (Wildman–Crippen LogP) is 6.08. The Bertz CT molecular complexity index is 954. The molecule has 1 aliphatic carbocycles.